The molecule has 0 aliphatic heterocycles. The zero-order chi connectivity index (χ0) is 13.3. The van der Waals surface area contributed by atoms with Gasteiger partial charge in [0, 0.05) is 6.20 Å². The number of imidazole rings is 1. The maximum atomic E-state index is 11.7. The fourth-order valence-electron chi connectivity index (χ4n) is 1.74. The van der Waals surface area contributed by atoms with Crippen LogP contribution in [0.1, 0.15) is 16.1 Å². The number of aromatic carboxylic acids is 1. The molecule has 0 bridgehead atoms. The number of methoxy groups -OCH3 is 1. The lowest BCUT2D eigenvalue weighted by Gasteiger charge is -2.10. The Bertz CT molecular complexity index is 654. The molecule has 6 heteroatoms. The number of carbonyl (C=O) groups is 1. The number of aryl methyl sites for hydroxylation is 1. The highest BCUT2D eigenvalue weighted by Gasteiger charge is 2.17. The molecule has 1 heterocycles. The first-order valence-corrected chi connectivity index (χ1v) is 5.23. The van der Waals surface area contributed by atoms with Crippen LogP contribution >= 0.6 is 0 Å². The summed E-state index contributed by atoms with van der Waals surface area (Å²) in [6.45, 7) is 1.85. The molecule has 1 aromatic heterocycles. The Kier molecular flexibility index (Phi) is 2.93. The minimum atomic E-state index is -1.18. The van der Waals surface area contributed by atoms with Gasteiger partial charge in [0.15, 0.2) is 5.69 Å². The first kappa shape index (κ1) is 12.0. The Morgan fingerprint density at radius 2 is 2.17 bits per heavy atom. The molecule has 0 radical (unpaired) electrons. The quantitative estimate of drug-likeness (QED) is 0.854. The molecule has 94 valence electrons. The Labute approximate surface area is 102 Å². The van der Waals surface area contributed by atoms with Crippen LogP contribution < -0.4 is 10.4 Å². The second-order valence-corrected chi connectivity index (χ2v) is 3.79. The van der Waals surface area contributed by atoms with E-state index in [2.05, 4.69) is 4.98 Å². The standard InChI is InChI=1S/C12H12N2O4/c1-7-3-4-10(18-2)8(5-7)14-9(11(15)16)6-13-12(14)17/h3-6H,1-2H3,(H,13,17)(H,15,16). The van der Waals surface area contributed by atoms with Crippen molar-refractivity contribution >= 4 is 5.97 Å². The largest absolute Gasteiger partial charge is 0.495 e. The van der Waals surface area contributed by atoms with E-state index in [4.69, 9.17) is 9.84 Å². The maximum absolute atomic E-state index is 11.7. The Morgan fingerprint density at radius 3 is 2.78 bits per heavy atom. The number of carboxylic acids is 1. The summed E-state index contributed by atoms with van der Waals surface area (Å²) in [5.41, 5.74) is 0.650. The van der Waals surface area contributed by atoms with Crippen molar-refractivity contribution in [2.45, 2.75) is 6.92 Å². The fraction of sp³-hybridized carbons (Fsp3) is 0.167. The van der Waals surface area contributed by atoms with Crippen molar-refractivity contribution in [3.05, 3.63) is 46.1 Å². The summed E-state index contributed by atoms with van der Waals surface area (Å²) in [6.07, 6.45) is 1.16. The van der Waals surface area contributed by atoms with Crippen LogP contribution in [-0.2, 0) is 0 Å². The summed E-state index contributed by atoms with van der Waals surface area (Å²) in [5, 5.41) is 9.05. The summed E-state index contributed by atoms with van der Waals surface area (Å²) in [4.78, 5) is 25.1. The Balaban J connectivity index is 2.76. The molecule has 0 atom stereocenters. The zero-order valence-electron chi connectivity index (χ0n) is 9.93. The molecule has 2 N–H and O–H groups in total. The van der Waals surface area contributed by atoms with E-state index in [1.165, 1.54) is 7.11 Å². The number of benzene rings is 1. The molecule has 18 heavy (non-hydrogen) atoms. The molecule has 0 fully saturated rings. The van der Waals surface area contributed by atoms with Crippen molar-refractivity contribution in [2.24, 2.45) is 0 Å². The van der Waals surface area contributed by atoms with Crippen LogP contribution in [0.3, 0.4) is 0 Å². The average Bonchev–Trinajstić information content (AvgIpc) is 2.71. The normalized spacial score (nSPS) is 10.3. The fourth-order valence-corrected chi connectivity index (χ4v) is 1.74. The van der Waals surface area contributed by atoms with E-state index in [1.807, 2.05) is 13.0 Å². The maximum Gasteiger partial charge on any atom is 0.354 e. The molecule has 0 spiro atoms. The Hall–Kier alpha value is -2.50. The predicted molar refractivity (Wildman–Crippen MR) is 64.6 cm³/mol. The summed E-state index contributed by atoms with van der Waals surface area (Å²) >= 11 is 0. The van der Waals surface area contributed by atoms with E-state index < -0.39 is 11.7 Å². The van der Waals surface area contributed by atoms with Crippen LogP contribution in [0.4, 0.5) is 0 Å². The molecule has 0 aliphatic rings. The van der Waals surface area contributed by atoms with Crippen molar-refractivity contribution in [1.82, 2.24) is 9.55 Å². The van der Waals surface area contributed by atoms with Crippen LogP contribution in [-0.4, -0.2) is 27.7 Å². The van der Waals surface area contributed by atoms with Gasteiger partial charge in [0.25, 0.3) is 0 Å². The molecule has 2 rings (SSSR count). The third-order valence-electron chi connectivity index (χ3n) is 2.57. The van der Waals surface area contributed by atoms with Crippen LogP contribution in [0.2, 0.25) is 0 Å². The molecule has 0 saturated heterocycles. The molecule has 0 unspecified atom stereocenters. The van der Waals surface area contributed by atoms with Gasteiger partial charge < -0.3 is 14.8 Å². The van der Waals surface area contributed by atoms with Gasteiger partial charge in [-0.05, 0) is 24.6 Å². The first-order valence-electron chi connectivity index (χ1n) is 5.23. The van der Waals surface area contributed by atoms with E-state index in [0.29, 0.717) is 11.4 Å². The van der Waals surface area contributed by atoms with Crippen molar-refractivity contribution in [2.75, 3.05) is 7.11 Å². The number of aromatic nitrogens is 2. The lowest BCUT2D eigenvalue weighted by atomic mass is 10.2. The van der Waals surface area contributed by atoms with Gasteiger partial charge in [0.2, 0.25) is 0 Å². The minimum Gasteiger partial charge on any atom is -0.495 e. The molecule has 2 aromatic rings. The van der Waals surface area contributed by atoms with E-state index in [-0.39, 0.29) is 5.69 Å². The van der Waals surface area contributed by atoms with Gasteiger partial charge in [0.05, 0.1) is 12.8 Å². The topological polar surface area (TPSA) is 84.3 Å². The summed E-state index contributed by atoms with van der Waals surface area (Å²) in [5.74, 6) is -0.748. The number of hydrogen-bond donors (Lipinski definition) is 2. The van der Waals surface area contributed by atoms with E-state index >= 15 is 0 Å². The molecule has 0 aliphatic carbocycles. The van der Waals surface area contributed by atoms with Crippen LogP contribution in [0, 0.1) is 6.92 Å². The number of nitrogens with one attached hydrogen (secondary N) is 1. The van der Waals surface area contributed by atoms with Gasteiger partial charge >= 0.3 is 11.7 Å². The molecule has 6 nitrogen and oxygen atoms in total. The average molecular weight is 248 g/mol. The number of ether oxygens (including phenoxy) is 1. The molecule has 0 saturated carbocycles. The molecular weight excluding hydrogens is 236 g/mol. The number of nitrogens with zero attached hydrogens (tertiary/aromatic N) is 1. The predicted octanol–water partition coefficient (Wildman–Crippen LogP) is 1.18. The highest BCUT2D eigenvalue weighted by molar-refractivity contribution is 5.86. The van der Waals surface area contributed by atoms with E-state index in [0.717, 1.165) is 16.3 Å². The van der Waals surface area contributed by atoms with E-state index in [1.54, 1.807) is 12.1 Å². The van der Waals surface area contributed by atoms with Gasteiger partial charge in [-0.1, -0.05) is 6.07 Å². The van der Waals surface area contributed by atoms with Gasteiger partial charge in [-0.25, -0.2) is 9.59 Å². The van der Waals surface area contributed by atoms with E-state index in [9.17, 15) is 9.59 Å². The van der Waals surface area contributed by atoms with Crippen molar-refractivity contribution in [3.63, 3.8) is 0 Å². The summed E-state index contributed by atoms with van der Waals surface area (Å²) in [7, 11) is 1.46. The smallest absolute Gasteiger partial charge is 0.354 e. The first-order chi connectivity index (χ1) is 8.54. The van der Waals surface area contributed by atoms with Crippen LogP contribution in [0.25, 0.3) is 5.69 Å². The Morgan fingerprint density at radius 1 is 1.44 bits per heavy atom. The molecule has 1 aromatic carbocycles. The summed E-state index contributed by atoms with van der Waals surface area (Å²) < 4.78 is 6.22. The van der Waals surface area contributed by atoms with Crippen molar-refractivity contribution in [3.8, 4) is 11.4 Å². The van der Waals surface area contributed by atoms with Gasteiger partial charge in [-0.2, -0.15) is 0 Å². The minimum absolute atomic E-state index is 0.135. The highest BCUT2D eigenvalue weighted by atomic mass is 16.5. The lowest BCUT2D eigenvalue weighted by Crippen LogP contribution is -2.19. The van der Waals surface area contributed by atoms with Gasteiger partial charge in [-0.3, -0.25) is 4.57 Å². The van der Waals surface area contributed by atoms with Crippen LogP contribution in [0.15, 0.2) is 29.2 Å². The summed E-state index contributed by atoms with van der Waals surface area (Å²) in [6, 6.07) is 5.21. The van der Waals surface area contributed by atoms with Crippen molar-refractivity contribution in [1.29, 1.82) is 0 Å². The van der Waals surface area contributed by atoms with Gasteiger partial charge in [0.1, 0.15) is 5.75 Å². The lowest BCUT2D eigenvalue weighted by molar-refractivity contribution is 0.0688. The number of hydrogen-bond acceptors (Lipinski definition) is 3. The second kappa shape index (κ2) is 4.40. The van der Waals surface area contributed by atoms with Crippen molar-refractivity contribution < 1.29 is 14.6 Å². The number of rotatable bonds is 3. The number of H-pyrrole nitrogens is 1. The second-order valence-electron chi connectivity index (χ2n) is 3.79. The number of carboxylic acid groups (broad SMARTS) is 1. The zero-order valence-corrected chi connectivity index (χ0v) is 9.93. The highest BCUT2D eigenvalue weighted by Crippen LogP contribution is 2.23. The van der Waals surface area contributed by atoms with Gasteiger partial charge in [-0.15, -0.1) is 0 Å². The monoisotopic (exact) mass is 248 g/mol. The SMILES string of the molecule is COc1ccc(C)cc1-n1c(C(=O)O)c[nH]c1=O. The number of aromatic amines is 1. The van der Waals surface area contributed by atoms with Crippen LogP contribution in [0.5, 0.6) is 5.75 Å². The third kappa shape index (κ3) is 1.88. The third-order valence-corrected chi connectivity index (χ3v) is 2.57. The molecule has 0 amide bonds. The molecular formula is C12H12N2O4.